The van der Waals surface area contributed by atoms with Crippen molar-refractivity contribution in [2.45, 2.75) is 24.7 Å². The van der Waals surface area contributed by atoms with E-state index >= 15 is 0 Å². The average molecular weight is 193 g/mol. The van der Waals surface area contributed by atoms with Gasteiger partial charge in [-0.2, -0.15) is 0 Å². The molecule has 1 fully saturated rings. The predicted molar refractivity (Wildman–Crippen MR) is 51.1 cm³/mol. The lowest BCUT2D eigenvalue weighted by atomic mass is 9.64. The van der Waals surface area contributed by atoms with Crippen LogP contribution in [0, 0.1) is 5.82 Å². The van der Waals surface area contributed by atoms with Crippen molar-refractivity contribution in [3.8, 4) is 0 Å². The van der Waals surface area contributed by atoms with E-state index in [0.29, 0.717) is 0 Å². The van der Waals surface area contributed by atoms with Crippen molar-refractivity contribution < 1.29 is 9.18 Å². The molecule has 1 aromatic carbocycles. The van der Waals surface area contributed by atoms with Gasteiger partial charge in [-0.05, 0) is 30.5 Å². The molecule has 2 rings (SSSR count). The second-order valence-electron chi connectivity index (χ2n) is 3.81. The smallest absolute Gasteiger partial charge is 0.228 e. The van der Waals surface area contributed by atoms with E-state index in [9.17, 15) is 9.18 Å². The van der Waals surface area contributed by atoms with E-state index in [1.54, 1.807) is 12.1 Å². The maximum Gasteiger partial charge on any atom is 0.228 e. The van der Waals surface area contributed by atoms with E-state index < -0.39 is 5.41 Å². The molecule has 0 atom stereocenters. The molecule has 0 aliphatic heterocycles. The molecule has 74 valence electrons. The molecule has 1 aliphatic carbocycles. The van der Waals surface area contributed by atoms with Gasteiger partial charge in [-0.3, -0.25) is 4.79 Å². The summed E-state index contributed by atoms with van der Waals surface area (Å²) in [6.07, 6.45) is 2.47. The van der Waals surface area contributed by atoms with E-state index in [0.717, 1.165) is 24.8 Å². The summed E-state index contributed by atoms with van der Waals surface area (Å²) in [4.78, 5) is 11.3. The first-order valence-corrected chi connectivity index (χ1v) is 4.71. The Kier molecular flexibility index (Phi) is 2.02. The van der Waals surface area contributed by atoms with Crippen LogP contribution in [0.15, 0.2) is 24.3 Å². The van der Waals surface area contributed by atoms with Gasteiger partial charge < -0.3 is 5.73 Å². The molecular weight excluding hydrogens is 181 g/mol. The van der Waals surface area contributed by atoms with E-state index in [-0.39, 0.29) is 11.7 Å². The first kappa shape index (κ1) is 9.19. The Labute approximate surface area is 81.9 Å². The summed E-state index contributed by atoms with van der Waals surface area (Å²) in [6.45, 7) is 0. The molecule has 0 bridgehead atoms. The van der Waals surface area contributed by atoms with Crippen LogP contribution >= 0.6 is 0 Å². The summed E-state index contributed by atoms with van der Waals surface area (Å²) in [5.74, 6) is -0.649. The predicted octanol–water partition coefficient (Wildman–Crippen LogP) is 1.73. The fourth-order valence-corrected chi connectivity index (χ4v) is 1.99. The molecule has 2 N–H and O–H groups in total. The second kappa shape index (κ2) is 3.08. The van der Waals surface area contributed by atoms with Gasteiger partial charge in [-0.15, -0.1) is 0 Å². The van der Waals surface area contributed by atoms with Gasteiger partial charge in [0.05, 0.1) is 5.41 Å². The van der Waals surface area contributed by atoms with Crippen LogP contribution in [0.4, 0.5) is 4.39 Å². The zero-order valence-electron chi connectivity index (χ0n) is 7.79. The Morgan fingerprint density at radius 3 is 2.57 bits per heavy atom. The number of hydrogen-bond donors (Lipinski definition) is 1. The lowest BCUT2D eigenvalue weighted by Gasteiger charge is -2.39. The molecule has 0 aromatic heterocycles. The zero-order chi connectivity index (χ0) is 10.2. The molecule has 14 heavy (non-hydrogen) atoms. The SMILES string of the molecule is NC(=O)C1(c2cccc(F)c2)CCC1. The first-order chi connectivity index (χ1) is 6.65. The van der Waals surface area contributed by atoms with Crippen molar-refractivity contribution >= 4 is 5.91 Å². The third kappa shape index (κ3) is 1.20. The summed E-state index contributed by atoms with van der Waals surface area (Å²) in [6, 6.07) is 6.17. The summed E-state index contributed by atoms with van der Waals surface area (Å²) in [5.41, 5.74) is 5.48. The highest BCUT2D eigenvalue weighted by atomic mass is 19.1. The Morgan fingerprint density at radius 2 is 2.14 bits per heavy atom. The van der Waals surface area contributed by atoms with Crippen molar-refractivity contribution in [1.82, 2.24) is 0 Å². The van der Waals surface area contributed by atoms with Crippen LogP contribution in [0.3, 0.4) is 0 Å². The number of benzene rings is 1. The highest BCUT2D eigenvalue weighted by Gasteiger charge is 2.44. The van der Waals surface area contributed by atoms with Gasteiger partial charge in [0.15, 0.2) is 0 Å². The van der Waals surface area contributed by atoms with Gasteiger partial charge in [0.1, 0.15) is 5.82 Å². The Hall–Kier alpha value is -1.38. The maximum absolute atomic E-state index is 13.0. The monoisotopic (exact) mass is 193 g/mol. The minimum absolute atomic E-state index is 0.310. The Morgan fingerprint density at radius 1 is 1.43 bits per heavy atom. The second-order valence-corrected chi connectivity index (χ2v) is 3.81. The van der Waals surface area contributed by atoms with Crippen LogP contribution in [0.2, 0.25) is 0 Å². The van der Waals surface area contributed by atoms with E-state index in [4.69, 9.17) is 5.73 Å². The van der Waals surface area contributed by atoms with Crippen LogP contribution in [0.25, 0.3) is 0 Å². The minimum atomic E-state index is -0.595. The van der Waals surface area contributed by atoms with Crippen LogP contribution in [-0.2, 0) is 10.2 Å². The molecular formula is C11H12FNO. The number of halogens is 1. The van der Waals surface area contributed by atoms with E-state index in [2.05, 4.69) is 0 Å². The maximum atomic E-state index is 13.0. The van der Waals surface area contributed by atoms with Crippen LogP contribution in [0.5, 0.6) is 0 Å². The number of carbonyl (C=O) groups excluding carboxylic acids is 1. The average Bonchev–Trinajstić information content (AvgIpc) is 2.00. The van der Waals surface area contributed by atoms with E-state index in [1.165, 1.54) is 12.1 Å². The number of primary amides is 1. The first-order valence-electron chi connectivity index (χ1n) is 4.71. The molecule has 1 saturated carbocycles. The third-order valence-electron chi connectivity index (χ3n) is 3.06. The topological polar surface area (TPSA) is 43.1 Å². The van der Waals surface area contributed by atoms with Gasteiger partial charge in [-0.1, -0.05) is 18.6 Å². The molecule has 1 amide bonds. The van der Waals surface area contributed by atoms with Crippen LogP contribution in [-0.4, -0.2) is 5.91 Å². The van der Waals surface area contributed by atoms with Crippen LogP contribution in [0.1, 0.15) is 24.8 Å². The molecule has 0 saturated heterocycles. The number of hydrogen-bond acceptors (Lipinski definition) is 1. The largest absolute Gasteiger partial charge is 0.369 e. The molecule has 0 radical (unpaired) electrons. The zero-order valence-corrected chi connectivity index (χ0v) is 7.79. The number of rotatable bonds is 2. The van der Waals surface area contributed by atoms with Gasteiger partial charge in [0.2, 0.25) is 5.91 Å². The molecule has 3 heteroatoms. The molecule has 1 aliphatic rings. The third-order valence-corrected chi connectivity index (χ3v) is 3.06. The molecule has 0 spiro atoms. The summed E-state index contributed by atoms with van der Waals surface area (Å²) >= 11 is 0. The van der Waals surface area contributed by atoms with Gasteiger partial charge in [-0.25, -0.2) is 4.39 Å². The lowest BCUT2D eigenvalue weighted by molar-refractivity contribution is -0.126. The highest BCUT2D eigenvalue weighted by molar-refractivity contribution is 5.87. The van der Waals surface area contributed by atoms with Crippen molar-refractivity contribution in [3.63, 3.8) is 0 Å². The van der Waals surface area contributed by atoms with Crippen LogP contribution < -0.4 is 5.73 Å². The van der Waals surface area contributed by atoms with E-state index in [1.807, 2.05) is 0 Å². The molecule has 0 unspecified atom stereocenters. The standard InChI is InChI=1S/C11H12FNO/c12-9-4-1-3-8(7-9)11(10(13)14)5-2-6-11/h1,3-4,7H,2,5-6H2,(H2,13,14). The summed E-state index contributed by atoms with van der Waals surface area (Å²) in [5, 5.41) is 0. The molecule has 2 nitrogen and oxygen atoms in total. The van der Waals surface area contributed by atoms with Crippen molar-refractivity contribution in [2.75, 3.05) is 0 Å². The fraction of sp³-hybridized carbons (Fsp3) is 0.364. The fourth-order valence-electron chi connectivity index (χ4n) is 1.99. The number of carbonyl (C=O) groups is 1. The Balaban J connectivity index is 2.42. The van der Waals surface area contributed by atoms with Crippen molar-refractivity contribution in [2.24, 2.45) is 5.73 Å². The molecule has 0 heterocycles. The summed E-state index contributed by atoms with van der Waals surface area (Å²) < 4.78 is 13.0. The van der Waals surface area contributed by atoms with Gasteiger partial charge >= 0.3 is 0 Å². The van der Waals surface area contributed by atoms with Gasteiger partial charge in [0.25, 0.3) is 0 Å². The molecule has 1 aromatic rings. The van der Waals surface area contributed by atoms with Gasteiger partial charge in [0, 0.05) is 0 Å². The highest BCUT2D eigenvalue weighted by Crippen LogP contribution is 2.43. The van der Waals surface area contributed by atoms with Crippen molar-refractivity contribution in [3.05, 3.63) is 35.6 Å². The normalized spacial score (nSPS) is 18.6. The number of nitrogens with two attached hydrogens (primary N) is 1. The lowest BCUT2D eigenvalue weighted by Crippen LogP contribution is -2.46. The quantitative estimate of drug-likeness (QED) is 0.763. The number of amides is 1. The van der Waals surface area contributed by atoms with Crippen molar-refractivity contribution in [1.29, 1.82) is 0 Å². The summed E-state index contributed by atoms with van der Waals surface area (Å²) in [7, 11) is 0. The Bertz CT molecular complexity index is 371. The minimum Gasteiger partial charge on any atom is -0.369 e.